The zero-order valence-corrected chi connectivity index (χ0v) is 20.8. The van der Waals surface area contributed by atoms with Gasteiger partial charge < -0.3 is 5.32 Å². The monoisotopic (exact) mass is 445 g/mol. The van der Waals surface area contributed by atoms with Crippen LogP contribution < -0.4 is 10.2 Å². The number of fused-ring (bicyclic) bond motifs is 4. The van der Waals surface area contributed by atoms with Gasteiger partial charge in [0, 0.05) is 34.0 Å². The van der Waals surface area contributed by atoms with Gasteiger partial charge in [-0.05, 0) is 59.9 Å². The van der Waals surface area contributed by atoms with E-state index in [0.29, 0.717) is 0 Å². The second kappa shape index (κ2) is 6.96. The van der Waals surface area contributed by atoms with Crippen molar-refractivity contribution in [2.24, 2.45) is 0 Å². The summed E-state index contributed by atoms with van der Waals surface area (Å²) >= 11 is 0. The van der Waals surface area contributed by atoms with Crippen molar-refractivity contribution in [3.63, 3.8) is 0 Å². The van der Waals surface area contributed by atoms with Crippen LogP contribution in [-0.4, -0.2) is 4.98 Å². The number of aromatic nitrogens is 1. The predicted molar refractivity (Wildman–Crippen MR) is 142 cm³/mol. The van der Waals surface area contributed by atoms with Crippen LogP contribution in [0.4, 0.5) is 28.6 Å². The minimum atomic E-state index is -0.122. The number of pyridine rings is 1. The van der Waals surface area contributed by atoms with Gasteiger partial charge in [0.2, 0.25) is 0 Å². The molecule has 0 radical (unpaired) electrons. The fourth-order valence-corrected chi connectivity index (χ4v) is 5.99. The maximum atomic E-state index is 4.94. The first kappa shape index (κ1) is 21.0. The van der Waals surface area contributed by atoms with Gasteiger partial charge in [0.05, 0.1) is 11.4 Å². The molecule has 0 atom stereocenters. The lowest BCUT2D eigenvalue weighted by molar-refractivity contribution is 0.626. The van der Waals surface area contributed by atoms with Crippen LogP contribution in [0.15, 0.2) is 72.9 Å². The molecule has 170 valence electrons. The average Bonchev–Trinajstić information content (AvgIpc) is 2.81. The number of aryl methyl sites for hydroxylation is 2. The number of rotatable bonds is 1. The van der Waals surface area contributed by atoms with Crippen LogP contribution in [0.1, 0.15) is 61.1 Å². The molecule has 1 aromatic heterocycles. The summed E-state index contributed by atoms with van der Waals surface area (Å²) in [6.45, 7) is 13.7. The molecule has 3 heteroatoms. The zero-order chi connectivity index (χ0) is 23.8. The largest absolute Gasteiger partial charge is 0.355 e. The van der Waals surface area contributed by atoms with Crippen molar-refractivity contribution in [2.45, 2.75) is 52.4 Å². The van der Waals surface area contributed by atoms with Crippen LogP contribution in [0, 0.1) is 13.8 Å². The van der Waals surface area contributed by atoms with Crippen molar-refractivity contribution < 1.29 is 0 Å². The lowest BCUT2D eigenvalue weighted by Crippen LogP contribution is -2.32. The second-order valence-corrected chi connectivity index (χ2v) is 10.8. The molecule has 0 spiro atoms. The van der Waals surface area contributed by atoms with Crippen LogP contribution in [0.25, 0.3) is 0 Å². The van der Waals surface area contributed by atoms with Crippen LogP contribution in [0.5, 0.6) is 0 Å². The Labute approximate surface area is 202 Å². The molecule has 2 aliphatic rings. The number of para-hydroxylation sites is 2. The first-order valence-electron chi connectivity index (χ1n) is 12.1. The molecule has 4 aromatic rings. The number of hydrogen-bond donors (Lipinski definition) is 1. The van der Waals surface area contributed by atoms with E-state index < -0.39 is 0 Å². The summed E-state index contributed by atoms with van der Waals surface area (Å²) in [5.41, 5.74) is 12.3. The van der Waals surface area contributed by atoms with Gasteiger partial charge in [-0.2, -0.15) is 0 Å². The fraction of sp³-hybridized carbons (Fsp3) is 0.258. The van der Waals surface area contributed by atoms with E-state index in [2.05, 4.69) is 118 Å². The highest BCUT2D eigenvalue weighted by Crippen LogP contribution is 2.54. The van der Waals surface area contributed by atoms with E-state index in [-0.39, 0.29) is 10.8 Å². The first-order valence-corrected chi connectivity index (χ1v) is 12.1. The molecule has 0 unspecified atom stereocenters. The molecule has 34 heavy (non-hydrogen) atoms. The van der Waals surface area contributed by atoms with E-state index in [1.54, 1.807) is 0 Å². The van der Waals surface area contributed by atoms with Gasteiger partial charge in [0.15, 0.2) is 0 Å². The first-order chi connectivity index (χ1) is 16.2. The van der Waals surface area contributed by atoms with E-state index in [1.165, 1.54) is 56.1 Å². The Balaban J connectivity index is 1.62. The summed E-state index contributed by atoms with van der Waals surface area (Å²) in [7, 11) is 0. The predicted octanol–water partition coefficient (Wildman–Crippen LogP) is 8.19. The third-order valence-corrected chi connectivity index (χ3v) is 7.93. The highest BCUT2D eigenvalue weighted by atomic mass is 15.2. The highest BCUT2D eigenvalue weighted by molar-refractivity contribution is 5.89. The number of anilines is 5. The minimum absolute atomic E-state index is 0.0751. The lowest BCUT2D eigenvalue weighted by atomic mass is 9.73. The van der Waals surface area contributed by atoms with E-state index in [0.717, 1.165) is 5.82 Å². The molecule has 0 saturated heterocycles. The third kappa shape index (κ3) is 2.73. The molecule has 2 aliphatic heterocycles. The molecule has 0 amide bonds. The molecule has 0 bridgehead atoms. The van der Waals surface area contributed by atoms with Gasteiger partial charge in [-0.3, -0.25) is 4.90 Å². The number of nitrogens with one attached hydrogen (secondary N) is 1. The molecule has 6 rings (SSSR count). The van der Waals surface area contributed by atoms with Crippen molar-refractivity contribution in [2.75, 3.05) is 10.2 Å². The van der Waals surface area contributed by atoms with E-state index in [4.69, 9.17) is 4.98 Å². The summed E-state index contributed by atoms with van der Waals surface area (Å²) in [6.07, 6.45) is 1.91. The summed E-state index contributed by atoms with van der Waals surface area (Å²) in [5.74, 6) is 1.02. The Kier molecular flexibility index (Phi) is 4.29. The summed E-state index contributed by atoms with van der Waals surface area (Å²) in [5, 5.41) is 3.73. The minimum Gasteiger partial charge on any atom is -0.355 e. The summed E-state index contributed by atoms with van der Waals surface area (Å²) < 4.78 is 0. The van der Waals surface area contributed by atoms with Gasteiger partial charge in [-0.1, -0.05) is 76.2 Å². The van der Waals surface area contributed by atoms with Crippen LogP contribution in [-0.2, 0) is 10.8 Å². The summed E-state index contributed by atoms with van der Waals surface area (Å²) in [4.78, 5) is 7.32. The molecule has 3 aromatic carbocycles. The van der Waals surface area contributed by atoms with Gasteiger partial charge in [-0.15, -0.1) is 0 Å². The Hall–Kier alpha value is -3.59. The second-order valence-electron chi connectivity index (χ2n) is 10.8. The van der Waals surface area contributed by atoms with Gasteiger partial charge in [0.25, 0.3) is 0 Å². The van der Waals surface area contributed by atoms with Gasteiger partial charge in [0.1, 0.15) is 5.82 Å². The van der Waals surface area contributed by atoms with Crippen molar-refractivity contribution in [1.82, 2.24) is 4.98 Å². The molecule has 0 fully saturated rings. The smallest absolute Gasteiger partial charge is 0.141 e. The molecule has 3 nitrogen and oxygen atoms in total. The lowest BCUT2D eigenvalue weighted by Gasteiger charge is -2.43. The summed E-state index contributed by atoms with van der Waals surface area (Å²) in [6, 6.07) is 24.3. The Bertz CT molecular complexity index is 1460. The Morgan fingerprint density at radius 3 is 2.21 bits per heavy atom. The highest BCUT2D eigenvalue weighted by Gasteiger charge is 2.40. The number of nitrogens with zero attached hydrogens (tertiary/aromatic N) is 2. The molecule has 1 N–H and O–H groups in total. The quantitative estimate of drug-likeness (QED) is 0.320. The normalized spacial score (nSPS) is 16.6. The molecule has 3 heterocycles. The average molecular weight is 446 g/mol. The fourth-order valence-electron chi connectivity index (χ4n) is 5.99. The van der Waals surface area contributed by atoms with Gasteiger partial charge in [-0.25, -0.2) is 4.98 Å². The Morgan fingerprint density at radius 1 is 0.676 bits per heavy atom. The van der Waals surface area contributed by atoms with Crippen molar-refractivity contribution in [3.8, 4) is 0 Å². The maximum absolute atomic E-state index is 4.94. The molecule has 0 saturated carbocycles. The van der Waals surface area contributed by atoms with Crippen LogP contribution >= 0.6 is 0 Å². The number of benzene rings is 3. The Morgan fingerprint density at radius 2 is 1.38 bits per heavy atom. The van der Waals surface area contributed by atoms with Crippen LogP contribution in [0.3, 0.4) is 0 Å². The third-order valence-electron chi connectivity index (χ3n) is 7.93. The molecular weight excluding hydrogens is 414 g/mol. The number of hydrogen-bond acceptors (Lipinski definition) is 3. The topological polar surface area (TPSA) is 28.2 Å². The zero-order valence-electron chi connectivity index (χ0n) is 20.8. The van der Waals surface area contributed by atoms with E-state index in [1.807, 2.05) is 6.20 Å². The van der Waals surface area contributed by atoms with Crippen molar-refractivity contribution in [3.05, 3.63) is 106 Å². The SMILES string of the molecule is Cc1cc2c(cc1N1c3ncccc3C(C)(C)c3cccc(C)c31)Nc1ccccc1C2(C)C. The molecule has 0 aliphatic carbocycles. The standard InChI is InChI=1S/C31H31N3/c1-19-11-9-13-22-28(19)34(29-23(31(22,5)6)14-10-16-32-29)27-18-26-24(17-20(27)2)30(3,4)21-12-7-8-15-25(21)33-26/h7-18,33H,1-6H3. The van der Waals surface area contributed by atoms with Crippen molar-refractivity contribution >= 4 is 28.6 Å². The maximum Gasteiger partial charge on any atom is 0.141 e. The van der Waals surface area contributed by atoms with Gasteiger partial charge >= 0.3 is 0 Å². The van der Waals surface area contributed by atoms with E-state index in [9.17, 15) is 0 Å². The molecular formula is C31H31N3. The van der Waals surface area contributed by atoms with Crippen LogP contribution in [0.2, 0.25) is 0 Å². The van der Waals surface area contributed by atoms with E-state index >= 15 is 0 Å². The van der Waals surface area contributed by atoms with Crippen molar-refractivity contribution in [1.29, 1.82) is 0 Å².